The standard InChI is InChI=1S/C10H6Cl2FN3O2S/c11-7-3-6(4-15-10(7)12)19(17,18)16-9-1-2-14-5-8(9)13/h1-5H,(H,14,16). The zero-order chi connectivity index (χ0) is 14.0. The monoisotopic (exact) mass is 321 g/mol. The van der Waals surface area contributed by atoms with Gasteiger partial charge in [0.05, 0.1) is 16.9 Å². The van der Waals surface area contributed by atoms with Crippen molar-refractivity contribution in [1.29, 1.82) is 0 Å². The van der Waals surface area contributed by atoms with Gasteiger partial charge in [0.15, 0.2) is 5.82 Å². The average Bonchev–Trinajstić information content (AvgIpc) is 2.35. The lowest BCUT2D eigenvalue weighted by Gasteiger charge is -2.08. The van der Waals surface area contributed by atoms with E-state index in [9.17, 15) is 12.8 Å². The summed E-state index contributed by atoms with van der Waals surface area (Å²) in [5, 5.41) is -0.0320. The number of hydrogen-bond acceptors (Lipinski definition) is 4. The van der Waals surface area contributed by atoms with E-state index in [1.807, 2.05) is 0 Å². The molecule has 0 spiro atoms. The molecule has 0 saturated carbocycles. The smallest absolute Gasteiger partial charge is 0.263 e. The first-order chi connectivity index (χ1) is 8.90. The maximum atomic E-state index is 13.3. The van der Waals surface area contributed by atoms with Crippen LogP contribution in [0.15, 0.2) is 35.6 Å². The van der Waals surface area contributed by atoms with Crippen LogP contribution in [-0.2, 0) is 10.0 Å². The summed E-state index contributed by atoms with van der Waals surface area (Å²) in [6.45, 7) is 0. The highest BCUT2D eigenvalue weighted by atomic mass is 35.5. The summed E-state index contributed by atoms with van der Waals surface area (Å²) in [5.74, 6) is -0.793. The summed E-state index contributed by atoms with van der Waals surface area (Å²) >= 11 is 11.3. The molecule has 0 amide bonds. The van der Waals surface area contributed by atoms with E-state index in [1.165, 1.54) is 12.3 Å². The van der Waals surface area contributed by atoms with Gasteiger partial charge >= 0.3 is 0 Å². The molecule has 0 aliphatic heterocycles. The van der Waals surface area contributed by atoms with Gasteiger partial charge in [0.2, 0.25) is 0 Å². The number of nitrogens with zero attached hydrogens (tertiary/aromatic N) is 2. The Morgan fingerprint density at radius 3 is 2.63 bits per heavy atom. The van der Waals surface area contributed by atoms with Crippen LogP contribution >= 0.6 is 23.2 Å². The summed E-state index contributed by atoms with van der Waals surface area (Å²) in [7, 11) is -4.00. The van der Waals surface area contributed by atoms with Gasteiger partial charge in [-0.25, -0.2) is 17.8 Å². The predicted octanol–water partition coefficient (Wildman–Crippen LogP) is 2.72. The van der Waals surface area contributed by atoms with E-state index in [-0.39, 0.29) is 20.8 Å². The molecule has 0 fully saturated rings. The number of hydrogen-bond donors (Lipinski definition) is 1. The van der Waals surface area contributed by atoms with Crippen LogP contribution in [0.1, 0.15) is 0 Å². The molecule has 0 saturated heterocycles. The van der Waals surface area contributed by atoms with Gasteiger partial charge in [-0.3, -0.25) is 9.71 Å². The van der Waals surface area contributed by atoms with Crippen molar-refractivity contribution in [2.75, 3.05) is 4.72 Å². The number of aromatic nitrogens is 2. The Bertz CT molecular complexity index is 724. The lowest BCUT2D eigenvalue weighted by atomic mass is 10.4. The highest BCUT2D eigenvalue weighted by Crippen LogP contribution is 2.24. The Morgan fingerprint density at radius 1 is 1.26 bits per heavy atom. The molecule has 0 aliphatic rings. The van der Waals surface area contributed by atoms with Crippen molar-refractivity contribution < 1.29 is 12.8 Å². The SMILES string of the molecule is O=S(=O)(Nc1ccncc1F)c1cnc(Cl)c(Cl)c1. The molecule has 100 valence electrons. The van der Waals surface area contributed by atoms with Crippen molar-refractivity contribution in [3.8, 4) is 0 Å². The number of halogens is 3. The normalized spacial score (nSPS) is 11.3. The molecule has 0 atom stereocenters. The lowest BCUT2D eigenvalue weighted by Crippen LogP contribution is -2.14. The topological polar surface area (TPSA) is 72.0 Å². The van der Waals surface area contributed by atoms with Crippen molar-refractivity contribution in [3.63, 3.8) is 0 Å². The maximum absolute atomic E-state index is 13.3. The van der Waals surface area contributed by atoms with Crippen LogP contribution in [-0.4, -0.2) is 18.4 Å². The van der Waals surface area contributed by atoms with E-state index in [0.29, 0.717) is 0 Å². The maximum Gasteiger partial charge on any atom is 0.263 e. The molecule has 0 bridgehead atoms. The van der Waals surface area contributed by atoms with Crippen LogP contribution in [0.5, 0.6) is 0 Å². The minimum absolute atomic E-state index is 0.0141. The first-order valence-electron chi connectivity index (χ1n) is 4.83. The fourth-order valence-electron chi connectivity index (χ4n) is 1.21. The molecule has 1 N–H and O–H groups in total. The van der Waals surface area contributed by atoms with Gasteiger partial charge in [0, 0.05) is 12.4 Å². The number of anilines is 1. The highest BCUT2D eigenvalue weighted by Gasteiger charge is 2.18. The van der Waals surface area contributed by atoms with Crippen LogP contribution in [0.2, 0.25) is 10.2 Å². The predicted molar refractivity (Wildman–Crippen MR) is 69.3 cm³/mol. The van der Waals surface area contributed by atoms with Gasteiger partial charge in [0.25, 0.3) is 10.0 Å². The highest BCUT2D eigenvalue weighted by molar-refractivity contribution is 7.92. The minimum atomic E-state index is -4.00. The van der Waals surface area contributed by atoms with Gasteiger partial charge in [-0.1, -0.05) is 23.2 Å². The van der Waals surface area contributed by atoms with Crippen LogP contribution in [0.4, 0.5) is 10.1 Å². The quantitative estimate of drug-likeness (QED) is 0.882. The summed E-state index contributed by atoms with van der Waals surface area (Å²) in [6, 6.07) is 2.32. The molecule has 9 heteroatoms. The molecule has 2 heterocycles. The molecule has 2 aromatic rings. The minimum Gasteiger partial charge on any atom is -0.276 e. The van der Waals surface area contributed by atoms with Crippen molar-refractivity contribution in [3.05, 3.63) is 46.7 Å². The van der Waals surface area contributed by atoms with E-state index >= 15 is 0 Å². The second kappa shape index (κ2) is 5.28. The van der Waals surface area contributed by atoms with E-state index < -0.39 is 15.8 Å². The van der Waals surface area contributed by atoms with Gasteiger partial charge < -0.3 is 0 Å². The fourth-order valence-corrected chi connectivity index (χ4v) is 2.58. The Labute approximate surface area is 118 Å². The van der Waals surface area contributed by atoms with Crippen LogP contribution in [0, 0.1) is 5.82 Å². The first kappa shape index (κ1) is 14.0. The van der Waals surface area contributed by atoms with Crippen molar-refractivity contribution in [1.82, 2.24) is 9.97 Å². The average molecular weight is 322 g/mol. The van der Waals surface area contributed by atoms with Crippen molar-refractivity contribution in [2.24, 2.45) is 0 Å². The molecule has 5 nitrogen and oxygen atoms in total. The molecule has 0 radical (unpaired) electrons. The van der Waals surface area contributed by atoms with E-state index in [1.54, 1.807) is 0 Å². The van der Waals surface area contributed by atoms with Crippen LogP contribution < -0.4 is 4.72 Å². The van der Waals surface area contributed by atoms with E-state index in [4.69, 9.17) is 23.2 Å². The molecule has 0 aliphatic carbocycles. The molecular formula is C10H6Cl2FN3O2S. The van der Waals surface area contributed by atoms with Crippen LogP contribution in [0.25, 0.3) is 0 Å². The Balaban J connectivity index is 2.38. The molecular weight excluding hydrogens is 316 g/mol. The Kier molecular flexibility index (Phi) is 3.88. The van der Waals surface area contributed by atoms with Crippen molar-refractivity contribution in [2.45, 2.75) is 4.90 Å². The molecule has 2 rings (SSSR count). The Morgan fingerprint density at radius 2 is 2.00 bits per heavy atom. The third-order valence-corrected chi connectivity index (χ3v) is 4.12. The molecule has 2 aromatic heterocycles. The number of rotatable bonds is 3. The molecule has 0 aromatic carbocycles. The van der Waals surface area contributed by atoms with Gasteiger partial charge in [0.1, 0.15) is 10.0 Å². The molecule has 19 heavy (non-hydrogen) atoms. The lowest BCUT2D eigenvalue weighted by molar-refractivity contribution is 0.597. The zero-order valence-corrected chi connectivity index (χ0v) is 11.5. The van der Waals surface area contributed by atoms with Crippen LogP contribution in [0.3, 0.4) is 0 Å². The summed E-state index contributed by atoms with van der Waals surface area (Å²) in [4.78, 5) is 6.91. The van der Waals surface area contributed by atoms with Gasteiger partial charge in [-0.15, -0.1) is 0 Å². The van der Waals surface area contributed by atoms with E-state index in [2.05, 4.69) is 14.7 Å². The number of pyridine rings is 2. The summed E-state index contributed by atoms with van der Waals surface area (Å²) < 4.78 is 39.3. The fraction of sp³-hybridized carbons (Fsp3) is 0. The Hall–Kier alpha value is -1.44. The van der Waals surface area contributed by atoms with Gasteiger partial charge in [-0.2, -0.15) is 0 Å². The first-order valence-corrected chi connectivity index (χ1v) is 7.07. The summed E-state index contributed by atoms with van der Waals surface area (Å²) in [6.07, 6.45) is 3.18. The number of nitrogens with one attached hydrogen (secondary N) is 1. The largest absolute Gasteiger partial charge is 0.276 e. The number of sulfonamides is 1. The third-order valence-electron chi connectivity index (χ3n) is 2.10. The second-order valence-corrected chi connectivity index (χ2v) is 5.85. The van der Waals surface area contributed by atoms with Gasteiger partial charge in [-0.05, 0) is 12.1 Å². The van der Waals surface area contributed by atoms with E-state index in [0.717, 1.165) is 18.5 Å². The third kappa shape index (κ3) is 3.12. The molecule has 0 unspecified atom stereocenters. The summed E-state index contributed by atoms with van der Waals surface area (Å²) in [5.41, 5.74) is -0.221. The van der Waals surface area contributed by atoms with Crippen molar-refractivity contribution >= 4 is 38.9 Å². The second-order valence-electron chi connectivity index (χ2n) is 3.40. The zero-order valence-electron chi connectivity index (χ0n) is 9.14.